The summed E-state index contributed by atoms with van der Waals surface area (Å²) in [7, 11) is 1.67. The van der Waals surface area contributed by atoms with Crippen LogP contribution in [0.25, 0.3) is 33.4 Å². The Hall–Kier alpha value is -6.24. The van der Waals surface area contributed by atoms with Gasteiger partial charge in [-0.3, -0.25) is 9.78 Å². The molecule has 3 saturated heterocycles. The number of methoxy groups -OCH3 is 1. The minimum Gasteiger partial charge on any atom is -0.480 e. The van der Waals surface area contributed by atoms with Gasteiger partial charge in [0.05, 0.1) is 41.1 Å². The first kappa shape index (κ1) is 50.2. The predicted molar refractivity (Wildman–Crippen MR) is 268 cm³/mol. The maximum absolute atomic E-state index is 14.0. The minimum atomic E-state index is -1.03. The number of aromatic nitrogens is 3. The van der Waals surface area contributed by atoms with Crippen LogP contribution in [0.15, 0.2) is 66.2 Å². The number of nitrogens with one attached hydrogen (secondary N) is 1. The van der Waals surface area contributed by atoms with Crippen molar-refractivity contribution in [1.82, 2.24) is 29.8 Å². The number of carbonyl (C=O) groups is 4. The van der Waals surface area contributed by atoms with Crippen LogP contribution in [0.3, 0.4) is 0 Å². The Morgan fingerprint density at radius 3 is 2.37 bits per heavy atom. The second-order valence-corrected chi connectivity index (χ2v) is 21.1. The number of amides is 3. The van der Waals surface area contributed by atoms with Crippen molar-refractivity contribution in [2.45, 2.75) is 111 Å². The number of benzene rings is 2. The van der Waals surface area contributed by atoms with E-state index in [-0.39, 0.29) is 56.2 Å². The molecule has 6 heterocycles. The lowest BCUT2D eigenvalue weighted by atomic mass is 9.72. The normalized spacial score (nSPS) is 18.7. The zero-order valence-corrected chi connectivity index (χ0v) is 42.3. The van der Waals surface area contributed by atoms with Gasteiger partial charge in [0.2, 0.25) is 11.0 Å². The van der Waals surface area contributed by atoms with E-state index in [9.17, 15) is 29.4 Å². The van der Waals surface area contributed by atoms with Crippen molar-refractivity contribution in [2.75, 3.05) is 56.3 Å². The van der Waals surface area contributed by atoms with Crippen LogP contribution in [0.2, 0.25) is 0 Å². The lowest BCUT2D eigenvalue weighted by molar-refractivity contribution is -0.155. The van der Waals surface area contributed by atoms with Crippen LogP contribution in [-0.4, -0.2) is 123 Å². The Morgan fingerprint density at radius 2 is 1.71 bits per heavy atom. The highest BCUT2D eigenvalue weighted by molar-refractivity contribution is 7.14. The van der Waals surface area contributed by atoms with Crippen molar-refractivity contribution in [3.8, 4) is 22.5 Å². The first-order valence-corrected chi connectivity index (χ1v) is 25.0. The van der Waals surface area contributed by atoms with Crippen LogP contribution < -0.4 is 15.2 Å². The number of carboxylic acid groups (broad SMARTS) is 1. The van der Waals surface area contributed by atoms with E-state index in [1.807, 2.05) is 68.7 Å². The van der Waals surface area contributed by atoms with E-state index in [4.69, 9.17) is 24.2 Å². The molecule has 374 valence electrons. The van der Waals surface area contributed by atoms with E-state index in [2.05, 4.69) is 39.9 Å². The van der Waals surface area contributed by atoms with Crippen molar-refractivity contribution in [1.29, 1.82) is 0 Å². The number of hydrogen-bond donors (Lipinski definition) is 3. The van der Waals surface area contributed by atoms with Crippen molar-refractivity contribution in [2.24, 2.45) is 11.3 Å². The van der Waals surface area contributed by atoms with Crippen molar-refractivity contribution >= 4 is 57.1 Å². The molecule has 9 rings (SSSR count). The summed E-state index contributed by atoms with van der Waals surface area (Å²) in [5.74, 6) is -1.48. The second kappa shape index (κ2) is 20.6. The maximum atomic E-state index is 14.0. The standard InChI is InChI=1S/C52H66N8O9S/c1-9-58-42-16-15-34(41-30-70-48(55-41)60-45(47(63)64)35-23-36(24-35)59(60)43(62)17-18-53-49(65)69-51(3,4)5)25-38(42)40(27-52(6,7)31-61)46(58)39-26-37(28-54-44(39)32(2)67-8)56-19-21-57(22-20-56)50(66)68-29-33-13-11-10-12-14-33/h10-16,25-26,28,30,32,35-36,45,61H,9,17-24,27,29,31H2,1-8H3,(H,53,65)(H,63,64)/t32-,35?,36?,45-/m0/s1. The summed E-state index contributed by atoms with van der Waals surface area (Å²) in [6.45, 7) is 16.4. The SMILES string of the molecule is CCn1c(-c2cc(N3CCN(C(=O)OCc4ccccc4)CC3)cnc2[C@H](C)OC)c(CC(C)(C)CO)c2cc(-c3csc(N4[C@H](C(=O)O)C5CC(C5)N4C(=O)CCNC(=O)OC(C)(C)C)n3)ccc21. The highest BCUT2D eigenvalue weighted by Crippen LogP contribution is 2.47. The number of hydrogen-bond acceptors (Lipinski definition) is 13. The lowest BCUT2D eigenvalue weighted by Gasteiger charge is -2.57. The molecule has 2 aromatic carbocycles. The molecule has 1 aliphatic carbocycles. The summed E-state index contributed by atoms with van der Waals surface area (Å²) in [6, 6.07) is 16.9. The fourth-order valence-electron chi connectivity index (χ4n) is 9.79. The van der Waals surface area contributed by atoms with E-state index in [1.165, 1.54) is 11.3 Å². The van der Waals surface area contributed by atoms with Gasteiger partial charge in [-0.1, -0.05) is 50.2 Å². The maximum Gasteiger partial charge on any atom is 0.410 e. The van der Waals surface area contributed by atoms with Gasteiger partial charge in [-0.25, -0.2) is 29.4 Å². The molecule has 0 spiro atoms. The van der Waals surface area contributed by atoms with Gasteiger partial charge in [0, 0.05) is 86.8 Å². The molecule has 3 N–H and O–H groups in total. The first-order chi connectivity index (χ1) is 33.4. The molecule has 2 bridgehead atoms. The molecule has 2 atom stereocenters. The van der Waals surface area contributed by atoms with Gasteiger partial charge in [-0.2, -0.15) is 0 Å². The average Bonchev–Trinajstić information content (AvgIpc) is 3.94. The van der Waals surface area contributed by atoms with Gasteiger partial charge in [-0.15, -0.1) is 11.3 Å². The molecule has 0 unspecified atom stereocenters. The average molecular weight is 979 g/mol. The lowest BCUT2D eigenvalue weighted by Crippen LogP contribution is -2.71. The highest BCUT2D eigenvalue weighted by Gasteiger charge is 2.55. The number of thiazole rings is 1. The zero-order valence-electron chi connectivity index (χ0n) is 41.4. The number of alkyl carbamates (subject to hydrolysis) is 1. The molecular weight excluding hydrogens is 913 g/mol. The van der Waals surface area contributed by atoms with Crippen molar-refractivity contribution < 1.29 is 43.6 Å². The number of carbonyl (C=O) groups excluding carboxylic acids is 3. The molecule has 70 heavy (non-hydrogen) atoms. The van der Waals surface area contributed by atoms with Crippen LogP contribution >= 0.6 is 11.3 Å². The van der Waals surface area contributed by atoms with E-state index in [1.54, 1.807) is 42.8 Å². The molecule has 17 nitrogen and oxygen atoms in total. The summed E-state index contributed by atoms with van der Waals surface area (Å²) in [6.07, 6.45) is 2.18. The van der Waals surface area contributed by atoms with E-state index < -0.39 is 29.1 Å². The first-order valence-electron chi connectivity index (χ1n) is 24.2. The molecule has 3 aromatic heterocycles. The Balaban J connectivity index is 1.12. The van der Waals surface area contributed by atoms with Crippen LogP contribution in [0.5, 0.6) is 0 Å². The van der Waals surface area contributed by atoms with Gasteiger partial charge in [0.25, 0.3) is 0 Å². The molecule has 0 radical (unpaired) electrons. The van der Waals surface area contributed by atoms with Gasteiger partial charge in [0.15, 0.2) is 6.04 Å². The fourth-order valence-corrected chi connectivity index (χ4v) is 10.7. The fraction of sp³-hybridized carbons (Fsp3) is 0.500. The monoisotopic (exact) mass is 978 g/mol. The number of hydrazine groups is 1. The van der Waals surface area contributed by atoms with Crippen molar-refractivity contribution in [3.63, 3.8) is 0 Å². The van der Waals surface area contributed by atoms with Crippen LogP contribution in [0, 0.1) is 11.3 Å². The third-order valence-electron chi connectivity index (χ3n) is 13.5. The van der Waals surface area contributed by atoms with Crippen molar-refractivity contribution in [3.05, 3.63) is 83.0 Å². The molecule has 18 heteroatoms. The van der Waals surface area contributed by atoms with Crippen LogP contribution in [0.1, 0.15) is 90.7 Å². The predicted octanol–water partition coefficient (Wildman–Crippen LogP) is 8.28. The number of anilines is 2. The molecule has 3 aliphatic heterocycles. The van der Waals surface area contributed by atoms with E-state index >= 15 is 0 Å². The number of nitrogens with zero attached hydrogens (tertiary/aromatic N) is 7. The number of aliphatic hydroxyl groups is 1. The number of aliphatic hydroxyl groups excluding tert-OH is 1. The number of pyridine rings is 1. The zero-order chi connectivity index (χ0) is 50.1. The number of carboxylic acids is 1. The Morgan fingerprint density at radius 1 is 0.986 bits per heavy atom. The third-order valence-corrected chi connectivity index (χ3v) is 14.3. The molecule has 5 aromatic rings. The van der Waals surface area contributed by atoms with Gasteiger partial charge >= 0.3 is 18.2 Å². The topological polar surface area (TPSA) is 192 Å². The number of aliphatic carboxylic acids is 1. The largest absolute Gasteiger partial charge is 0.480 e. The minimum absolute atomic E-state index is 0.0288. The quantitative estimate of drug-likeness (QED) is 0.0857. The molecular formula is C52H66N8O9S. The summed E-state index contributed by atoms with van der Waals surface area (Å²) < 4.78 is 19.2. The molecule has 3 amide bonds. The van der Waals surface area contributed by atoms with Crippen LogP contribution in [-0.2, 0) is 43.4 Å². The van der Waals surface area contributed by atoms with E-state index in [0.29, 0.717) is 62.8 Å². The molecule has 4 aliphatic rings. The summed E-state index contributed by atoms with van der Waals surface area (Å²) >= 11 is 1.28. The number of fused-ring (bicyclic) bond motifs is 3. The Labute approximate surface area is 413 Å². The number of aryl methyl sites for hydroxylation is 1. The second-order valence-electron chi connectivity index (χ2n) is 20.3. The van der Waals surface area contributed by atoms with Crippen LogP contribution in [0.4, 0.5) is 20.4 Å². The summed E-state index contributed by atoms with van der Waals surface area (Å²) in [5.41, 5.74) is 6.75. The van der Waals surface area contributed by atoms with E-state index in [0.717, 1.165) is 50.2 Å². The highest BCUT2D eigenvalue weighted by atomic mass is 32.1. The molecule has 4 fully saturated rings. The Kier molecular flexibility index (Phi) is 14.8. The van der Waals surface area contributed by atoms with Gasteiger partial charge in [-0.05, 0) is 94.5 Å². The Bertz CT molecular complexity index is 2700. The number of ether oxygens (including phenoxy) is 3. The van der Waals surface area contributed by atoms with Gasteiger partial charge in [0.1, 0.15) is 12.2 Å². The summed E-state index contributed by atoms with van der Waals surface area (Å²) in [5, 5.41) is 30.3. The smallest absolute Gasteiger partial charge is 0.410 e. The molecule has 1 saturated carbocycles. The third kappa shape index (κ3) is 10.6. The summed E-state index contributed by atoms with van der Waals surface area (Å²) in [4.78, 5) is 66.4. The number of rotatable bonds is 16. The van der Waals surface area contributed by atoms with Gasteiger partial charge < -0.3 is 44.1 Å². The number of piperazine rings is 1.